The molecule has 0 saturated heterocycles. The fourth-order valence-electron chi connectivity index (χ4n) is 1.67. The lowest BCUT2D eigenvalue weighted by Gasteiger charge is -2.01. The van der Waals surface area contributed by atoms with E-state index in [2.05, 4.69) is 31.1 Å². The molecule has 0 bridgehead atoms. The van der Waals surface area contributed by atoms with E-state index < -0.39 is 0 Å². The average Bonchev–Trinajstić information content (AvgIpc) is 2.98. The van der Waals surface area contributed by atoms with Gasteiger partial charge in [-0.2, -0.15) is 5.10 Å². The molecule has 1 aromatic heterocycles. The summed E-state index contributed by atoms with van der Waals surface area (Å²) in [6, 6.07) is 5.74. The molecular formula is C11H11BrN4. The third-order valence-corrected chi connectivity index (χ3v) is 3.21. The predicted molar refractivity (Wildman–Crippen MR) is 65.9 cm³/mol. The molecule has 1 saturated carbocycles. The first-order chi connectivity index (χ1) is 7.74. The van der Waals surface area contributed by atoms with Crippen LogP contribution in [0.1, 0.15) is 24.6 Å². The van der Waals surface area contributed by atoms with Crippen molar-refractivity contribution in [1.82, 2.24) is 15.2 Å². The van der Waals surface area contributed by atoms with Gasteiger partial charge in [-0.15, -0.1) is 0 Å². The Kier molecular flexibility index (Phi) is 2.21. The van der Waals surface area contributed by atoms with Crippen LogP contribution in [0.5, 0.6) is 0 Å². The van der Waals surface area contributed by atoms with Crippen molar-refractivity contribution in [3.05, 3.63) is 28.5 Å². The Bertz CT molecular complexity index is 531. The van der Waals surface area contributed by atoms with E-state index in [1.54, 1.807) is 0 Å². The van der Waals surface area contributed by atoms with Gasteiger partial charge in [-0.1, -0.05) is 15.9 Å². The molecule has 1 aromatic carbocycles. The van der Waals surface area contributed by atoms with Crippen LogP contribution < -0.4 is 5.73 Å². The van der Waals surface area contributed by atoms with Crippen molar-refractivity contribution in [3.8, 4) is 11.4 Å². The minimum Gasteiger partial charge on any atom is -0.398 e. The van der Waals surface area contributed by atoms with E-state index in [9.17, 15) is 0 Å². The zero-order valence-corrected chi connectivity index (χ0v) is 10.2. The summed E-state index contributed by atoms with van der Waals surface area (Å²) >= 11 is 3.38. The molecule has 1 aliphatic carbocycles. The van der Waals surface area contributed by atoms with Gasteiger partial charge >= 0.3 is 0 Å². The van der Waals surface area contributed by atoms with Crippen LogP contribution in [-0.2, 0) is 0 Å². The smallest absolute Gasteiger partial charge is 0.183 e. The number of H-pyrrole nitrogens is 1. The van der Waals surface area contributed by atoms with Crippen molar-refractivity contribution < 1.29 is 0 Å². The van der Waals surface area contributed by atoms with Crippen LogP contribution in [-0.4, -0.2) is 15.2 Å². The molecule has 0 aliphatic heterocycles. The number of aromatic amines is 1. The standard InChI is InChI=1S/C11H11BrN4/c12-7-3-4-8(9(13)5-7)11-14-10(15-16-11)6-1-2-6/h3-6H,1-2,13H2,(H,14,15,16). The average molecular weight is 279 g/mol. The van der Waals surface area contributed by atoms with Gasteiger partial charge in [0.25, 0.3) is 0 Å². The fraction of sp³-hybridized carbons (Fsp3) is 0.273. The Morgan fingerprint density at radius 2 is 2.19 bits per heavy atom. The maximum Gasteiger partial charge on any atom is 0.183 e. The second kappa shape index (κ2) is 3.59. The van der Waals surface area contributed by atoms with Gasteiger partial charge in [0.2, 0.25) is 0 Å². The number of rotatable bonds is 2. The van der Waals surface area contributed by atoms with Gasteiger partial charge in [-0.3, -0.25) is 5.10 Å². The maximum atomic E-state index is 5.93. The van der Waals surface area contributed by atoms with Gasteiger partial charge in [0.05, 0.1) is 0 Å². The summed E-state index contributed by atoms with van der Waals surface area (Å²) in [6.07, 6.45) is 2.43. The zero-order chi connectivity index (χ0) is 11.1. The monoisotopic (exact) mass is 278 g/mol. The first-order valence-electron chi connectivity index (χ1n) is 5.22. The quantitative estimate of drug-likeness (QED) is 0.830. The maximum absolute atomic E-state index is 5.93. The first-order valence-corrected chi connectivity index (χ1v) is 6.01. The molecule has 1 aliphatic rings. The summed E-state index contributed by atoms with van der Waals surface area (Å²) in [5.74, 6) is 2.25. The minimum absolute atomic E-state index is 0.581. The number of anilines is 1. The van der Waals surface area contributed by atoms with Gasteiger partial charge in [-0.05, 0) is 31.0 Å². The molecule has 0 unspecified atom stereocenters. The van der Waals surface area contributed by atoms with Gasteiger partial charge in [0.1, 0.15) is 5.82 Å². The van der Waals surface area contributed by atoms with E-state index in [0.29, 0.717) is 17.4 Å². The molecule has 0 atom stereocenters. The van der Waals surface area contributed by atoms with Crippen molar-refractivity contribution in [2.75, 3.05) is 5.73 Å². The van der Waals surface area contributed by atoms with Crippen LogP contribution in [0.3, 0.4) is 0 Å². The van der Waals surface area contributed by atoms with Crippen molar-refractivity contribution >= 4 is 21.6 Å². The fourth-order valence-corrected chi connectivity index (χ4v) is 2.05. The van der Waals surface area contributed by atoms with Crippen molar-refractivity contribution in [2.24, 2.45) is 0 Å². The number of halogens is 1. The van der Waals surface area contributed by atoms with Crippen LogP contribution in [0.4, 0.5) is 5.69 Å². The van der Waals surface area contributed by atoms with Crippen LogP contribution in [0.15, 0.2) is 22.7 Å². The Hall–Kier alpha value is -1.36. The molecule has 0 amide bonds. The number of hydrogen-bond donors (Lipinski definition) is 2. The van der Waals surface area contributed by atoms with Crippen LogP contribution in [0.25, 0.3) is 11.4 Å². The highest BCUT2D eigenvalue weighted by molar-refractivity contribution is 9.10. The molecule has 82 valence electrons. The lowest BCUT2D eigenvalue weighted by atomic mass is 10.2. The first kappa shape index (κ1) is 9.84. The second-order valence-corrected chi connectivity index (χ2v) is 4.97. The third kappa shape index (κ3) is 1.71. The zero-order valence-electron chi connectivity index (χ0n) is 8.57. The van der Waals surface area contributed by atoms with Crippen LogP contribution >= 0.6 is 15.9 Å². The number of nitrogens with two attached hydrogens (primary N) is 1. The number of benzene rings is 1. The third-order valence-electron chi connectivity index (χ3n) is 2.72. The molecule has 3 rings (SSSR count). The molecular weight excluding hydrogens is 268 g/mol. The number of nitrogens with zero attached hydrogens (tertiary/aromatic N) is 2. The molecule has 5 heteroatoms. The van der Waals surface area contributed by atoms with Crippen molar-refractivity contribution in [1.29, 1.82) is 0 Å². The van der Waals surface area contributed by atoms with E-state index >= 15 is 0 Å². The largest absolute Gasteiger partial charge is 0.398 e. The summed E-state index contributed by atoms with van der Waals surface area (Å²) in [7, 11) is 0. The van der Waals surface area contributed by atoms with Gasteiger partial charge in [-0.25, -0.2) is 4.98 Å². The molecule has 0 spiro atoms. The number of nitrogens with one attached hydrogen (secondary N) is 1. The molecule has 2 aromatic rings. The van der Waals surface area contributed by atoms with E-state index in [1.165, 1.54) is 12.8 Å². The van der Waals surface area contributed by atoms with Gasteiger partial charge in [0.15, 0.2) is 5.82 Å². The molecule has 3 N–H and O–H groups in total. The van der Waals surface area contributed by atoms with E-state index in [0.717, 1.165) is 15.9 Å². The Morgan fingerprint density at radius 3 is 2.88 bits per heavy atom. The highest BCUT2D eigenvalue weighted by Gasteiger charge is 2.27. The van der Waals surface area contributed by atoms with E-state index in [-0.39, 0.29) is 0 Å². The summed E-state index contributed by atoms with van der Waals surface area (Å²) in [5, 5.41) is 7.19. The number of nitrogen functional groups attached to an aromatic ring is 1. The Labute approximate surface area is 101 Å². The summed E-state index contributed by atoms with van der Waals surface area (Å²) in [6.45, 7) is 0. The molecule has 16 heavy (non-hydrogen) atoms. The predicted octanol–water partition coefficient (Wildman–Crippen LogP) is 2.69. The van der Waals surface area contributed by atoms with E-state index in [1.807, 2.05) is 18.2 Å². The van der Waals surface area contributed by atoms with Crippen molar-refractivity contribution in [2.45, 2.75) is 18.8 Å². The normalized spacial score (nSPS) is 15.3. The minimum atomic E-state index is 0.581. The van der Waals surface area contributed by atoms with Gasteiger partial charge in [0, 0.05) is 21.6 Å². The van der Waals surface area contributed by atoms with Crippen LogP contribution in [0, 0.1) is 0 Å². The van der Waals surface area contributed by atoms with Crippen molar-refractivity contribution in [3.63, 3.8) is 0 Å². The lowest BCUT2D eigenvalue weighted by Crippen LogP contribution is -1.91. The topological polar surface area (TPSA) is 67.6 Å². The molecule has 0 radical (unpaired) electrons. The highest BCUT2D eigenvalue weighted by Crippen LogP contribution is 2.38. The number of hydrogen-bond acceptors (Lipinski definition) is 3. The lowest BCUT2D eigenvalue weighted by molar-refractivity contribution is 0.935. The molecule has 1 heterocycles. The molecule has 1 fully saturated rings. The Balaban J connectivity index is 2.00. The summed E-state index contributed by atoms with van der Waals surface area (Å²) in [4.78, 5) is 4.47. The summed E-state index contributed by atoms with van der Waals surface area (Å²) < 4.78 is 0.965. The van der Waals surface area contributed by atoms with Crippen LogP contribution in [0.2, 0.25) is 0 Å². The Morgan fingerprint density at radius 1 is 1.38 bits per heavy atom. The van der Waals surface area contributed by atoms with E-state index in [4.69, 9.17) is 5.73 Å². The number of aromatic nitrogens is 3. The molecule has 4 nitrogen and oxygen atoms in total. The SMILES string of the molecule is Nc1cc(Br)ccc1-c1n[nH]c(C2CC2)n1. The summed E-state index contributed by atoms with van der Waals surface area (Å²) in [5.41, 5.74) is 7.50. The second-order valence-electron chi connectivity index (χ2n) is 4.05. The van der Waals surface area contributed by atoms with Gasteiger partial charge < -0.3 is 5.73 Å². The highest BCUT2D eigenvalue weighted by atomic mass is 79.9.